The summed E-state index contributed by atoms with van der Waals surface area (Å²) >= 11 is 0. The van der Waals surface area contributed by atoms with E-state index < -0.39 is 158 Å². The van der Waals surface area contributed by atoms with Crippen LogP contribution >= 0.6 is 15.6 Å². The first-order valence-corrected chi connectivity index (χ1v) is 33.2. The number of hydrogen-bond donors (Lipinski definition) is 12. The highest BCUT2D eigenvalue weighted by Gasteiger charge is 2.66. The standard InChI is InChI=1S/C60H89N11O18P2/c1-29-11-13-33(14-12-29)86-55-50(79)51(39(87-55)28-85-90(80,81)82)89-91(83,84)88-30(2)27-67-47(78)21-22-57(7)37(23-44(64)75)54-60(10)59(9,26-46(66)77)36(17-20-43(63)74)49(71-60)32(4)53-58(8,25-45(65)76)34(15-18-41(61)72)38(68-53)24-40-56(5,6)35(16-19-42(62)73)48(69-40)31(3)52(57)70-54/h11-14,24,30,34-37,39,50-51,54-55,68,79H,15-23,25-28H2,1-10H3,(H2,61,72)(H2,62,73)(H2,63,74)(H2,64,75)(H2,65,76)(H2,66,77)(H,67,78)(H,83,84)(H2,80,81,82)/b38-24?,48-31?,53-32-/t30-,34-,35-,36-,37+,39-,50-,51-,54-,55+,57-,58+,59+,60+/m1/s1. The molecule has 6 aliphatic rings. The van der Waals surface area contributed by atoms with Crippen molar-refractivity contribution >= 4 is 74.1 Å². The predicted octanol–water partition coefficient (Wildman–Crippen LogP) is 2.83. The molecule has 0 radical (unpaired) electrons. The Hall–Kier alpha value is -6.52. The Morgan fingerprint density at radius 2 is 1.34 bits per heavy atom. The molecule has 31 heteroatoms. The van der Waals surface area contributed by atoms with Crippen LogP contribution in [0.15, 0.2) is 73.6 Å². The molecule has 7 amide bonds. The molecule has 2 fully saturated rings. The van der Waals surface area contributed by atoms with Crippen LogP contribution in [0.1, 0.15) is 139 Å². The maximum Gasteiger partial charge on any atom is 0.472 e. The number of amides is 7. The van der Waals surface area contributed by atoms with E-state index in [1.165, 1.54) is 6.92 Å². The molecular weight excluding hydrogens is 1220 g/mol. The minimum atomic E-state index is -5.24. The molecule has 8 bridgehead atoms. The van der Waals surface area contributed by atoms with Crippen molar-refractivity contribution in [2.45, 2.75) is 182 Å². The molecule has 0 aliphatic carbocycles. The molecule has 0 spiro atoms. The Morgan fingerprint density at radius 3 is 1.90 bits per heavy atom. The first kappa shape index (κ1) is 71.9. The quantitative estimate of drug-likeness (QED) is 0.0513. The molecule has 18 N–H and O–H groups in total. The van der Waals surface area contributed by atoms with Gasteiger partial charge in [-0.25, -0.2) is 9.13 Å². The third-order valence-electron chi connectivity index (χ3n) is 19.6. The number of primary amides is 6. The normalized spacial score (nSPS) is 32.7. The summed E-state index contributed by atoms with van der Waals surface area (Å²) in [6, 6.07) is 5.46. The number of allylic oxidation sites excluding steroid dienone is 6. The Morgan fingerprint density at radius 1 is 0.758 bits per heavy atom. The summed E-state index contributed by atoms with van der Waals surface area (Å²) in [5, 5.41) is 17.6. The Labute approximate surface area is 528 Å². The van der Waals surface area contributed by atoms with Crippen LogP contribution in [0.25, 0.3) is 0 Å². The van der Waals surface area contributed by atoms with Crippen molar-refractivity contribution in [1.82, 2.24) is 10.6 Å². The fourth-order valence-corrected chi connectivity index (χ4v) is 16.2. The summed E-state index contributed by atoms with van der Waals surface area (Å²) in [6.07, 6.45) is -7.38. The lowest BCUT2D eigenvalue weighted by atomic mass is 9.55. The van der Waals surface area contributed by atoms with Gasteiger partial charge in [-0.2, -0.15) is 0 Å². The number of aryl methyl sites for hydroxylation is 1. The van der Waals surface area contributed by atoms with Crippen molar-refractivity contribution in [3.63, 3.8) is 0 Å². The molecule has 0 saturated carbocycles. The number of benzene rings is 1. The maximum atomic E-state index is 14.4. The number of rotatable bonds is 29. The summed E-state index contributed by atoms with van der Waals surface area (Å²) in [6.45, 7) is 16.7. The van der Waals surface area contributed by atoms with E-state index in [9.17, 15) is 62.5 Å². The number of phosphoric ester groups is 2. The lowest BCUT2D eigenvalue weighted by Crippen LogP contribution is -2.56. The number of nitrogens with two attached hydrogens (primary N) is 6. The Kier molecular flexibility index (Phi) is 21.5. The summed E-state index contributed by atoms with van der Waals surface area (Å²) in [5.74, 6) is -7.25. The maximum absolute atomic E-state index is 14.4. The second-order valence-corrected chi connectivity index (χ2v) is 29.1. The highest BCUT2D eigenvalue weighted by atomic mass is 31.2. The molecule has 29 nitrogen and oxygen atoms in total. The van der Waals surface area contributed by atoms with Crippen molar-refractivity contribution in [3.05, 3.63) is 64.1 Å². The molecule has 502 valence electrons. The summed E-state index contributed by atoms with van der Waals surface area (Å²) in [5.41, 5.74) is 34.6. The van der Waals surface area contributed by atoms with E-state index in [0.717, 1.165) is 5.56 Å². The van der Waals surface area contributed by atoms with Gasteiger partial charge in [0.1, 0.15) is 24.1 Å². The lowest BCUT2D eigenvalue weighted by Gasteiger charge is -2.48. The monoisotopic (exact) mass is 1310 g/mol. The van der Waals surface area contributed by atoms with Crippen molar-refractivity contribution in [2.24, 2.45) is 94.7 Å². The number of aliphatic hydroxyl groups excluding tert-OH is 1. The van der Waals surface area contributed by atoms with E-state index in [0.29, 0.717) is 45.4 Å². The first-order valence-electron chi connectivity index (χ1n) is 30.2. The zero-order valence-corrected chi connectivity index (χ0v) is 54.8. The summed E-state index contributed by atoms with van der Waals surface area (Å²) in [7, 11) is -10.4. The summed E-state index contributed by atoms with van der Waals surface area (Å²) in [4.78, 5) is 140. The molecular formula is C60H89N11O18P2. The van der Waals surface area contributed by atoms with Gasteiger partial charge in [-0.1, -0.05) is 52.3 Å². The van der Waals surface area contributed by atoms with Gasteiger partial charge in [0.25, 0.3) is 0 Å². The average molecular weight is 1310 g/mol. The predicted molar refractivity (Wildman–Crippen MR) is 332 cm³/mol. The van der Waals surface area contributed by atoms with Crippen molar-refractivity contribution in [3.8, 4) is 5.75 Å². The van der Waals surface area contributed by atoms with Gasteiger partial charge >= 0.3 is 15.6 Å². The van der Waals surface area contributed by atoms with Crippen molar-refractivity contribution in [2.75, 3.05) is 13.2 Å². The van der Waals surface area contributed by atoms with Crippen LogP contribution in [0, 0.1) is 52.3 Å². The van der Waals surface area contributed by atoms with E-state index in [2.05, 4.69) is 15.2 Å². The van der Waals surface area contributed by atoms with Crippen LogP contribution in [0.2, 0.25) is 0 Å². The van der Waals surface area contributed by atoms with Gasteiger partial charge < -0.3 is 74.3 Å². The van der Waals surface area contributed by atoms with E-state index in [1.807, 2.05) is 47.6 Å². The van der Waals surface area contributed by atoms with Crippen LogP contribution in [0.5, 0.6) is 5.75 Å². The van der Waals surface area contributed by atoms with E-state index in [4.69, 9.17) is 67.9 Å². The van der Waals surface area contributed by atoms with E-state index in [1.54, 1.807) is 45.0 Å². The molecule has 0 aromatic heterocycles. The van der Waals surface area contributed by atoms with Crippen LogP contribution in [0.3, 0.4) is 0 Å². The number of aliphatic imine (C=N–C) groups is 3. The highest BCUT2D eigenvalue weighted by Crippen LogP contribution is 2.63. The van der Waals surface area contributed by atoms with Crippen molar-refractivity contribution in [1.29, 1.82) is 0 Å². The summed E-state index contributed by atoms with van der Waals surface area (Å²) < 4.78 is 52.1. The zero-order valence-electron chi connectivity index (χ0n) is 53.1. The van der Waals surface area contributed by atoms with Crippen LogP contribution in [-0.2, 0) is 61.0 Å². The topological polar surface area (TPSA) is 498 Å². The third kappa shape index (κ3) is 15.4. The number of fused-ring (bicyclic) bond motifs is 6. The molecule has 1 unspecified atom stereocenters. The number of carbonyl (C=O) groups excluding carboxylic acids is 7. The number of nitrogens with zero attached hydrogens (tertiary/aromatic N) is 3. The van der Waals surface area contributed by atoms with E-state index >= 15 is 0 Å². The average Bonchev–Trinajstić information content (AvgIpc) is 1.53. The molecule has 15 atom stereocenters. The van der Waals surface area contributed by atoms with Gasteiger partial charge in [-0.3, -0.25) is 62.1 Å². The van der Waals surface area contributed by atoms with E-state index in [-0.39, 0.29) is 76.4 Å². The van der Waals surface area contributed by atoms with Crippen LogP contribution in [-0.4, -0.2) is 134 Å². The SMILES string of the molecule is CC1=C2N=C(C=C3N/C(=C(/C)C4=N[C@@](C)([C@@H]5N=C1[C@](C)(CCC(=O)NC[C@@H](C)OP(=O)(O)O[C@H]1[C@@H](O)[C@@H](Oc6ccc(C)cc6)O[C@@H]1COP(=O)(O)O)[C@H]5CC(N)=O)[C@@](C)(CC(N)=O)[C@@H]4CCC(N)=O)[C@@](C)(CC(N)=O)[C@@H]3CCC(N)=O)C(C)(C)[C@@H]2CCC(N)=O. The van der Waals surface area contributed by atoms with Gasteiger partial charge in [0.15, 0.2) is 0 Å². The Balaban J connectivity index is 1.31. The lowest BCUT2D eigenvalue weighted by molar-refractivity contribution is -0.124. The molecule has 6 heterocycles. The van der Waals surface area contributed by atoms with Gasteiger partial charge in [0.05, 0.1) is 24.3 Å². The van der Waals surface area contributed by atoms with Gasteiger partial charge in [-0.15, -0.1) is 0 Å². The number of aliphatic hydroxyl groups is 1. The molecule has 6 aliphatic heterocycles. The zero-order chi connectivity index (χ0) is 67.9. The second kappa shape index (κ2) is 27.2. The number of phosphoric acid groups is 2. The minimum absolute atomic E-state index is 0.0467. The van der Waals surface area contributed by atoms with Crippen LogP contribution in [0.4, 0.5) is 0 Å². The molecule has 1 aromatic rings. The molecule has 2 saturated heterocycles. The molecule has 7 rings (SSSR count). The van der Waals surface area contributed by atoms with Crippen LogP contribution < -0.4 is 49.8 Å². The fourth-order valence-electron chi connectivity index (χ4n) is 14.7. The highest BCUT2D eigenvalue weighted by molar-refractivity contribution is 7.47. The number of nitrogens with one attached hydrogen (secondary N) is 2. The number of carbonyl (C=O) groups is 7. The largest absolute Gasteiger partial charge is 0.472 e. The van der Waals surface area contributed by atoms with Gasteiger partial charge in [-0.05, 0) is 89.7 Å². The molecule has 1 aromatic carbocycles. The molecule has 91 heavy (non-hydrogen) atoms. The minimum Gasteiger partial charge on any atom is -0.462 e. The fraction of sp³-hybridized carbons (Fsp3) is 0.633. The number of hydrogen-bond acceptors (Lipinski definition) is 19. The van der Waals surface area contributed by atoms with Gasteiger partial charge in [0.2, 0.25) is 47.6 Å². The smallest absolute Gasteiger partial charge is 0.462 e. The third-order valence-corrected chi connectivity index (χ3v) is 21.2. The second-order valence-electron chi connectivity index (χ2n) is 26.5. The first-order chi connectivity index (χ1) is 42.1. The van der Waals surface area contributed by atoms with Crippen molar-refractivity contribution < 1.29 is 85.5 Å². The Bertz CT molecular complexity index is 3380. The van der Waals surface area contributed by atoms with Gasteiger partial charge in [0, 0.05) is 131 Å². The number of ether oxygens (including phenoxy) is 2.